The second-order valence-corrected chi connectivity index (χ2v) is 4.90. The van der Waals surface area contributed by atoms with Crippen LogP contribution in [0, 0.1) is 0 Å². The Bertz CT molecular complexity index is 375. The zero-order valence-electron chi connectivity index (χ0n) is 11.9. The predicted molar refractivity (Wildman–Crippen MR) is 72.8 cm³/mol. The van der Waals surface area contributed by atoms with Crippen molar-refractivity contribution in [3.63, 3.8) is 0 Å². The van der Waals surface area contributed by atoms with Gasteiger partial charge in [-0.15, -0.1) is 0 Å². The summed E-state index contributed by atoms with van der Waals surface area (Å²) >= 11 is 0. The Hall–Kier alpha value is -0.870. The van der Waals surface area contributed by atoms with E-state index in [1.165, 1.54) is 11.4 Å². The highest BCUT2D eigenvalue weighted by molar-refractivity contribution is 5.10. The molecule has 1 saturated heterocycles. The van der Waals surface area contributed by atoms with Crippen molar-refractivity contribution in [3.05, 3.63) is 17.5 Å². The summed E-state index contributed by atoms with van der Waals surface area (Å²) in [7, 11) is 0. The van der Waals surface area contributed by atoms with E-state index in [4.69, 9.17) is 4.74 Å². The molecule has 0 aromatic carbocycles. The van der Waals surface area contributed by atoms with E-state index < -0.39 is 0 Å². The largest absolute Gasteiger partial charge is 0.374 e. The number of rotatable bonds is 5. The van der Waals surface area contributed by atoms with Gasteiger partial charge in [0.15, 0.2) is 0 Å². The molecule has 0 amide bonds. The maximum absolute atomic E-state index is 5.85. The highest BCUT2D eigenvalue weighted by atomic mass is 16.5. The Morgan fingerprint density at radius 3 is 2.83 bits per heavy atom. The zero-order chi connectivity index (χ0) is 13.0. The van der Waals surface area contributed by atoms with Crippen LogP contribution >= 0.6 is 0 Å². The van der Waals surface area contributed by atoms with E-state index in [1.807, 2.05) is 0 Å². The summed E-state index contributed by atoms with van der Waals surface area (Å²) < 4.78 is 8.00. The van der Waals surface area contributed by atoms with E-state index in [0.29, 0.717) is 0 Å². The number of hydrogen-bond donors (Lipinski definition) is 0. The molecule has 1 aliphatic rings. The van der Waals surface area contributed by atoms with E-state index in [9.17, 15) is 0 Å². The van der Waals surface area contributed by atoms with Crippen molar-refractivity contribution in [1.29, 1.82) is 0 Å². The first-order valence-corrected chi connectivity index (χ1v) is 7.16. The van der Waals surface area contributed by atoms with Gasteiger partial charge in [-0.05, 0) is 25.5 Å². The van der Waals surface area contributed by atoms with Crippen LogP contribution in [0.25, 0.3) is 0 Å². The molecule has 1 fully saturated rings. The molecule has 1 atom stereocenters. The van der Waals surface area contributed by atoms with Crippen molar-refractivity contribution < 1.29 is 4.74 Å². The fourth-order valence-corrected chi connectivity index (χ4v) is 2.50. The summed E-state index contributed by atoms with van der Waals surface area (Å²) in [6, 6.07) is 2.22. The summed E-state index contributed by atoms with van der Waals surface area (Å²) in [5.41, 5.74) is 2.51. The molecule has 0 radical (unpaired) electrons. The molecule has 0 bridgehead atoms. The Balaban J connectivity index is 2.01. The first-order chi connectivity index (χ1) is 8.76. The SMILES string of the molecule is CCc1cc(CC)n(CC2CN(CC)CCO2)n1. The molecular weight excluding hydrogens is 226 g/mol. The van der Waals surface area contributed by atoms with Gasteiger partial charge < -0.3 is 4.74 Å². The van der Waals surface area contributed by atoms with Crippen LogP contribution in [0.2, 0.25) is 0 Å². The van der Waals surface area contributed by atoms with Gasteiger partial charge in [-0.25, -0.2) is 0 Å². The van der Waals surface area contributed by atoms with E-state index in [-0.39, 0.29) is 6.10 Å². The molecule has 18 heavy (non-hydrogen) atoms. The standard InChI is InChI=1S/C14H25N3O/c1-4-12-9-13(5-2)17(15-12)11-14-10-16(6-3)7-8-18-14/h9,14H,4-8,10-11H2,1-3H3. The minimum absolute atomic E-state index is 0.286. The topological polar surface area (TPSA) is 30.3 Å². The molecule has 0 aliphatic carbocycles. The Labute approximate surface area is 110 Å². The molecule has 2 rings (SSSR count). The monoisotopic (exact) mass is 251 g/mol. The smallest absolute Gasteiger partial charge is 0.0898 e. The highest BCUT2D eigenvalue weighted by Crippen LogP contribution is 2.11. The van der Waals surface area contributed by atoms with Gasteiger partial charge in [-0.1, -0.05) is 20.8 Å². The van der Waals surface area contributed by atoms with Gasteiger partial charge in [0.05, 0.1) is 24.9 Å². The number of aromatic nitrogens is 2. The van der Waals surface area contributed by atoms with Gasteiger partial charge in [0.2, 0.25) is 0 Å². The lowest BCUT2D eigenvalue weighted by Crippen LogP contribution is -2.44. The maximum Gasteiger partial charge on any atom is 0.0898 e. The minimum atomic E-state index is 0.286. The van der Waals surface area contributed by atoms with E-state index >= 15 is 0 Å². The van der Waals surface area contributed by atoms with Crippen molar-refractivity contribution in [2.45, 2.75) is 46.3 Å². The van der Waals surface area contributed by atoms with E-state index in [1.54, 1.807) is 0 Å². The summed E-state index contributed by atoms with van der Waals surface area (Å²) in [6.45, 7) is 11.5. The number of hydrogen-bond acceptors (Lipinski definition) is 3. The lowest BCUT2D eigenvalue weighted by atomic mass is 10.2. The van der Waals surface area contributed by atoms with Crippen molar-refractivity contribution in [1.82, 2.24) is 14.7 Å². The molecule has 102 valence electrons. The lowest BCUT2D eigenvalue weighted by Gasteiger charge is -2.32. The number of likely N-dealkylation sites (N-methyl/N-ethyl adjacent to an activating group) is 1. The third kappa shape index (κ3) is 3.12. The fourth-order valence-electron chi connectivity index (χ4n) is 2.50. The van der Waals surface area contributed by atoms with Crippen LogP contribution in [0.4, 0.5) is 0 Å². The summed E-state index contributed by atoms with van der Waals surface area (Å²) in [4.78, 5) is 2.45. The van der Waals surface area contributed by atoms with Crippen molar-refractivity contribution in [2.24, 2.45) is 0 Å². The molecule has 1 aromatic rings. The minimum Gasteiger partial charge on any atom is -0.374 e. The number of ether oxygens (including phenoxy) is 1. The van der Waals surface area contributed by atoms with Crippen LogP contribution in [0.3, 0.4) is 0 Å². The summed E-state index contributed by atoms with van der Waals surface area (Å²) in [6.07, 6.45) is 2.33. The molecule has 0 spiro atoms. The van der Waals surface area contributed by atoms with Crippen molar-refractivity contribution >= 4 is 0 Å². The third-order valence-corrected chi connectivity index (χ3v) is 3.69. The Kier molecular flexibility index (Phi) is 4.78. The van der Waals surface area contributed by atoms with Crippen LogP contribution in [0.15, 0.2) is 6.07 Å². The van der Waals surface area contributed by atoms with Gasteiger partial charge in [-0.2, -0.15) is 5.10 Å². The summed E-state index contributed by atoms with van der Waals surface area (Å²) in [5, 5.41) is 4.66. The van der Waals surface area contributed by atoms with Gasteiger partial charge in [0.1, 0.15) is 0 Å². The Morgan fingerprint density at radius 2 is 2.17 bits per heavy atom. The molecule has 1 unspecified atom stereocenters. The third-order valence-electron chi connectivity index (χ3n) is 3.69. The molecular formula is C14H25N3O. The second kappa shape index (κ2) is 6.34. The van der Waals surface area contributed by atoms with Crippen molar-refractivity contribution in [2.75, 3.05) is 26.2 Å². The average molecular weight is 251 g/mol. The molecule has 0 N–H and O–H groups in total. The number of aryl methyl sites for hydroxylation is 2. The Morgan fingerprint density at radius 1 is 1.33 bits per heavy atom. The molecule has 0 saturated carbocycles. The number of nitrogens with zero attached hydrogens (tertiary/aromatic N) is 3. The van der Waals surface area contributed by atoms with Crippen LogP contribution < -0.4 is 0 Å². The molecule has 4 nitrogen and oxygen atoms in total. The normalized spacial score (nSPS) is 21.4. The van der Waals surface area contributed by atoms with Crippen LogP contribution in [0.5, 0.6) is 0 Å². The first kappa shape index (κ1) is 13.6. The quantitative estimate of drug-likeness (QED) is 0.798. The highest BCUT2D eigenvalue weighted by Gasteiger charge is 2.20. The van der Waals surface area contributed by atoms with Crippen molar-refractivity contribution in [3.8, 4) is 0 Å². The zero-order valence-corrected chi connectivity index (χ0v) is 11.9. The van der Waals surface area contributed by atoms with Crippen LogP contribution in [0.1, 0.15) is 32.2 Å². The van der Waals surface area contributed by atoms with E-state index in [0.717, 1.165) is 45.6 Å². The van der Waals surface area contributed by atoms with Crippen LogP contribution in [-0.2, 0) is 24.1 Å². The van der Waals surface area contributed by atoms with Gasteiger partial charge >= 0.3 is 0 Å². The molecule has 1 aliphatic heterocycles. The van der Waals surface area contributed by atoms with E-state index in [2.05, 4.69) is 41.5 Å². The lowest BCUT2D eigenvalue weighted by molar-refractivity contribution is -0.0361. The molecule has 2 heterocycles. The second-order valence-electron chi connectivity index (χ2n) is 4.90. The fraction of sp³-hybridized carbons (Fsp3) is 0.786. The molecule has 4 heteroatoms. The van der Waals surface area contributed by atoms with Gasteiger partial charge in [0, 0.05) is 18.8 Å². The first-order valence-electron chi connectivity index (χ1n) is 7.16. The van der Waals surface area contributed by atoms with Gasteiger partial charge in [-0.3, -0.25) is 9.58 Å². The average Bonchev–Trinajstić information content (AvgIpc) is 2.81. The number of morpholine rings is 1. The van der Waals surface area contributed by atoms with Crippen LogP contribution in [-0.4, -0.2) is 47.0 Å². The molecule has 1 aromatic heterocycles. The maximum atomic E-state index is 5.85. The van der Waals surface area contributed by atoms with Gasteiger partial charge in [0.25, 0.3) is 0 Å². The summed E-state index contributed by atoms with van der Waals surface area (Å²) in [5.74, 6) is 0. The predicted octanol–water partition coefficient (Wildman–Crippen LogP) is 1.73.